The van der Waals surface area contributed by atoms with Gasteiger partial charge in [-0.15, -0.1) is 0 Å². The van der Waals surface area contributed by atoms with E-state index in [1.54, 1.807) is 0 Å². The van der Waals surface area contributed by atoms with Crippen molar-refractivity contribution in [3.63, 3.8) is 0 Å². The number of rotatable bonds is 2. The third-order valence-electron chi connectivity index (χ3n) is 6.56. The minimum atomic E-state index is -5.30. The summed E-state index contributed by atoms with van der Waals surface area (Å²) in [5, 5.41) is 14.9. The molecule has 0 aliphatic carbocycles. The lowest BCUT2D eigenvalue weighted by Gasteiger charge is -2.13. The van der Waals surface area contributed by atoms with E-state index in [0.29, 0.717) is 6.07 Å². The Bertz CT molecular complexity index is 2210. The molecular formula is C28H9F11N6. The van der Waals surface area contributed by atoms with Gasteiger partial charge in [0, 0.05) is 11.1 Å². The fourth-order valence-electron chi connectivity index (χ4n) is 4.77. The summed E-state index contributed by atoms with van der Waals surface area (Å²) in [6, 6.07) is 2.78. The Hall–Kier alpha value is -5.45. The second kappa shape index (κ2) is 10.3. The van der Waals surface area contributed by atoms with Crippen LogP contribution in [0.15, 0.2) is 46.4 Å². The lowest BCUT2D eigenvalue weighted by atomic mass is 10.0. The number of nitriles is 2. The molecule has 0 unspecified atom stereocenters. The SMILES string of the molecule is Cc1cc(-c2nc3c(F)c4nc(-c5cc(C(F)(F)F)cc(C(F)(F)F)c5)c(=NC#N)c4c(F)c3c2=NC#N)cc(C(F)(F)F)c1. The van der Waals surface area contributed by atoms with E-state index < -0.39 is 96.3 Å². The largest absolute Gasteiger partial charge is 0.416 e. The predicted molar refractivity (Wildman–Crippen MR) is 132 cm³/mol. The first-order valence-electron chi connectivity index (χ1n) is 12.0. The molecule has 0 saturated heterocycles. The minimum absolute atomic E-state index is 0.0511. The number of alkyl halides is 9. The Kier molecular flexibility index (Phi) is 7.11. The molecule has 0 atom stereocenters. The molecule has 0 saturated carbocycles. The summed E-state index contributed by atoms with van der Waals surface area (Å²) >= 11 is 0. The zero-order chi connectivity index (χ0) is 33.2. The maximum atomic E-state index is 16.2. The molecule has 0 aliphatic rings. The van der Waals surface area contributed by atoms with Crippen LogP contribution in [0.25, 0.3) is 44.3 Å². The van der Waals surface area contributed by atoms with Gasteiger partial charge in [-0.3, -0.25) is 0 Å². The van der Waals surface area contributed by atoms with Gasteiger partial charge in [0.05, 0.1) is 38.9 Å². The van der Waals surface area contributed by atoms with Gasteiger partial charge in [-0.1, -0.05) is 0 Å². The summed E-state index contributed by atoms with van der Waals surface area (Å²) in [4.78, 5) is 14.3. The van der Waals surface area contributed by atoms with Gasteiger partial charge >= 0.3 is 18.5 Å². The molecule has 228 valence electrons. The second-order valence-electron chi connectivity index (χ2n) is 9.50. The lowest BCUT2D eigenvalue weighted by Crippen LogP contribution is -2.12. The van der Waals surface area contributed by atoms with Gasteiger partial charge in [0.1, 0.15) is 27.6 Å². The zero-order valence-corrected chi connectivity index (χ0v) is 21.8. The number of aromatic nitrogens is 2. The highest BCUT2D eigenvalue weighted by Crippen LogP contribution is 2.39. The molecular weight excluding hydrogens is 629 g/mol. The standard InChI is InChI=1S/C28H9F11N6/c1-10-2-11(4-13(3-10)26(31,32)33)20-24(42-8-40)16-18(29)17-23(19(30)22(16)44-20)45-21(25(17)43-9-41)12-5-14(27(34,35)36)7-15(6-12)28(37,38)39/h2-7H,1H3. The van der Waals surface area contributed by atoms with E-state index in [-0.39, 0.29) is 29.3 Å². The normalized spacial score (nSPS) is 13.6. The zero-order valence-electron chi connectivity index (χ0n) is 21.8. The van der Waals surface area contributed by atoms with E-state index in [1.165, 1.54) is 25.4 Å². The van der Waals surface area contributed by atoms with Gasteiger partial charge in [0.25, 0.3) is 0 Å². The van der Waals surface area contributed by atoms with E-state index >= 15 is 8.78 Å². The van der Waals surface area contributed by atoms with Gasteiger partial charge in [-0.2, -0.15) is 60.0 Å². The predicted octanol–water partition coefficient (Wildman–Crippen LogP) is 7.40. The van der Waals surface area contributed by atoms with Crippen LogP contribution in [0.1, 0.15) is 22.3 Å². The van der Waals surface area contributed by atoms with Crippen LogP contribution in [0.5, 0.6) is 0 Å². The first kappa shape index (κ1) is 31.0. The average Bonchev–Trinajstić information content (AvgIpc) is 3.50. The smallest absolute Gasteiger partial charge is 0.242 e. The molecule has 3 aromatic carbocycles. The molecule has 45 heavy (non-hydrogen) atoms. The van der Waals surface area contributed by atoms with Crippen molar-refractivity contribution < 1.29 is 48.3 Å². The van der Waals surface area contributed by atoms with E-state index in [4.69, 9.17) is 0 Å². The van der Waals surface area contributed by atoms with Crippen molar-refractivity contribution in [3.05, 3.63) is 81.0 Å². The minimum Gasteiger partial charge on any atom is -0.242 e. The fourth-order valence-corrected chi connectivity index (χ4v) is 4.77. The van der Waals surface area contributed by atoms with Crippen molar-refractivity contribution in [2.24, 2.45) is 9.98 Å². The van der Waals surface area contributed by atoms with Crippen molar-refractivity contribution >= 4 is 21.8 Å². The van der Waals surface area contributed by atoms with Gasteiger partial charge in [0.15, 0.2) is 5.82 Å². The summed E-state index contributed by atoms with van der Waals surface area (Å²) < 4.78 is 154. The Balaban J connectivity index is 1.92. The van der Waals surface area contributed by atoms with E-state index in [2.05, 4.69) is 20.0 Å². The molecule has 5 aromatic rings. The van der Waals surface area contributed by atoms with Crippen molar-refractivity contribution in [3.8, 4) is 34.9 Å². The molecule has 0 aliphatic heterocycles. The van der Waals surface area contributed by atoms with Crippen molar-refractivity contribution in [2.45, 2.75) is 25.5 Å². The molecule has 5 rings (SSSR count). The molecule has 0 bridgehead atoms. The molecule has 0 radical (unpaired) electrons. The first-order chi connectivity index (χ1) is 20.9. The van der Waals surface area contributed by atoms with Crippen LogP contribution in [0, 0.1) is 41.5 Å². The summed E-state index contributed by atoms with van der Waals surface area (Å²) in [6.45, 7) is 1.29. The molecule has 2 aromatic heterocycles. The fraction of sp³-hybridized carbons (Fsp3) is 0.143. The number of hydrogen-bond donors (Lipinski definition) is 0. The number of fused-ring (bicyclic) bond motifs is 2. The number of benzene rings is 3. The topological polar surface area (TPSA) is 98.1 Å². The van der Waals surface area contributed by atoms with Gasteiger partial charge < -0.3 is 0 Å². The Morgan fingerprint density at radius 2 is 0.956 bits per heavy atom. The number of hydrogen-bond acceptors (Lipinski definition) is 6. The molecule has 6 nitrogen and oxygen atoms in total. The maximum Gasteiger partial charge on any atom is 0.416 e. The average molecular weight is 638 g/mol. The van der Waals surface area contributed by atoms with Gasteiger partial charge in [-0.05, 0) is 48.9 Å². The molecule has 0 spiro atoms. The lowest BCUT2D eigenvalue weighted by molar-refractivity contribution is -0.143. The Morgan fingerprint density at radius 1 is 0.578 bits per heavy atom. The summed E-state index contributed by atoms with van der Waals surface area (Å²) in [5.74, 6) is -3.08. The molecule has 17 heteroatoms. The highest BCUT2D eigenvalue weighted by atomic mass is 19.4. The Morgan fingerprint density at radius 3 is 1.33 bits per heavy atom. The van der Waals surface area contributed by atoms with Crippen LogP contribution in [0.4, 0.5) is 48.3 Å². The number of nitrogens with zero attached hydrogens (tertiary/aromatic N) is 6. The molecule has 2 heterocycles. The molecule has 0 N–H and O–H groups in total. The highest BCUT2D eigenvalue weighted by molar-refractivity contribution is 6.00. The summed E-state index contributed by atoms with van der Waals surface area (Å²) in [5.41, 5.74) is -9.42. The quantitative estimate of drug-likeness (QED) is 0.149. The number of aryl methyl sites for hydroxylation is 1. The third kappa shape index (κ3) is 5.30. The van der Waals surface area contributed by atoms with E-state index in [0.717, 1.165) is 6.07 Å². The number of halogens is 11. The van der Waals surface area contributed by atoms with Crippen molar-refractivity contribution in [1.82, 2.24) is 9.97 Å². The van der Waals surface area contributed by atoms with Crippen molar-refractivity contribution in [2.75, 3.05) is 0 Å². The van der Waals surface area contributed by atoms with E-state index in [9.17, 15) is 50.0 Å². The highest BCUT2D eigenvalue weighted by Gasteiger charge is 2.38. The summed E-state index contributed by atoms with van der Waals surface area (Å²) in [7, 11) is 0. The van der Waals surface area contributed by atoms with Crippen LogP contribution in [-0.2, 0) is 18.5 Å². The van der Waals surface area contributed by atoms with Crippen LogP contribution in [0.2, 0.25) is 0 Å². The van der Waals surface area contributed by atoms with Crippen LogP contribution in [-0.4, -0.2) is 9.97 Å². The molecule has 0 fully saturated rings. The van der Waals surface area contributed by atoms with Crippen molar-refractivity contribution in [1.29, 1.82) is 10.5 Å². The first-order valence-corrected chi connectivity index (χ1v) is 12.0. The second-order valence-corrected chi connectivity index (χ2v) is 9.50. The molecule has 0 amide bonds. The van der Waals surface area contributed by atoms with Crippen LogP contribution in [0.3, 0.4) is 0 Å². The monoisotopic (exact) mass is 638 g/mol. The maximum absolute atomic E-state index is 16.2. The third-order valence-corrected chi connectivity index (χ3v) is 6.56. The van der Waals surface area contributed by atoms with Gasteiger partial charge in [0.2, 0.25) is 12.4 Å². The summed E-state index contributed by atoms with van der Waals surface area (Å²) in [6.07, 6.45) is -12.9. The van der Waals surface area contributed by atoms with Crippen LogP contribution >= 0.6 is 0 Å². The van der Waals surface area contributed by atoms with Crippen LogP contribution < -0.4 is 10.7 Å². The van der Waals surface area contributed by atoms with E-state index in [1.807, 2.05) is 0 Å². The van der Waals surface area contributed by atoms with Gasteiger partial charge in [-0.25, -0.2) is 18.7 Å². The Labute approximate surface area is 242 Å².